The van der Waals surface area contributed by atoms with Crippen LogP contribution in [0.4, 0.5) is 8.78 Å². The third kappa shape index (κ3) is 3.54. The van der Waals surface area contributed by atoms with Crippen LogP contribution in [0.3, 0.4) is 0 Å². The number of nitrogens with one attached hydrogen (secondary N) is 1. The van der Waals surface area contributed by atoms with Crippen LogP contribution in [0.15, 0.2) is 12.1 Å². The van der Waals surface area contributed by atoms with Gasteiger partial charge in [0.05, 0.1) is 13.7 Å². The number of likely N-dealkylation sites (tertiary alicyclic amines) is 1. The van der Waals surface area contributed by atoms with Gasteiger partial charge >= 0.3 is 0 Å². The first-order valence-electron chi connectivity index (χ1n) is 7.96. The van der Waals surface area contributed by atoms with Crippen LogP contribution in [0.25, 0.3) is 0 Å². The molecular weight excluding hydrogens is 316 g/mol. The lowest BCUT2D eigenvalue weighted by Gasteiger charge is -2.30. The minimum Gasteiger partial charge on any atom is -0.497 e. The number of nitrogens with two attached hydrogens (primary N) is 1. The molecule has 8 heteroatoms. The average molecular weight is 337 g/mol. The molecule has 0 spiro atoms. The zero-order valence-electron chi connectivity index (χ0n) is 13.6. The molecule has 3 N–H and O–H groups in total. The maximum atomic E-state index is 14.1. The van der Waals surface area contributed by atoms with Crippen molar-refractivity contribution in [1.82, 2.24) is 20.1 Å². The molecule has 0 radical (unpaired) electrons. The van der Waals surface area contributed by atoms with Gasteiger partial charge in [0.1, 0.15) is 23.2 Å². The quantitative estimate of drug-likeness (QED) is 0.871. The van der Waals surface area contributed by atoms with Crippen molar-refractivity contribution < 1.29 is 13.5 Å². The lowest BCUT2D eigenvalue weighted by Crippen LogP contribution is -2.33. The molecule has 130 valence electrons. The maximum absolute atomic E-state index is 14.1. The van der Waals surface area contributed by atoms with E-state index in [-0.39, 0.29) is 23.8 Å². The molecule has 0 bridgehead atoms. The van der Waals surface area contributed by atoms with E-state index in [1.807, 2.05) is 4.90 Å². The average Bonchev–Trinajstić information content (AvgIpc) is 3.07. The topological polar surface area (TPSA) is 80.1 Å². The number of methoxy groups -OCH3 is 1. The highest BCUT2D eigenvalue weighted by Crippen LogP contribution is 2.28. The van der Waals surface area contributed by atoms with Crippen molar-refractivity contribution in [3.8, 4) is 5.75 Å². The summed E-state index contributed by atoms with van der Waals surface area (Å²) in [6, 6.07) is 2.43. The number of ether oxygens (including phenoxy) is 1. The van der Waals surface area contributed by atoms with Crippen molar-refractivity contribution in [1.29, 1.82) is 0 Å². The fourth-order valence-electron chi connectivity index (χ4n) is 3.01. The van der Waals surface area contributed by atoms with Gasteiger partial charge in [-0.1, -0.05) is 0 Å². The van der Waals surface area contributed by atoms with Crippen LogP contribution in [0, 0.1) is 11.6 Å². The number of H-pyrrole nitrogens is 1. The predicted octanol–water partition coefficient (Wildman–Crippen LogP) is 1.93. The summed E-state index contributed by atoms with van der Waals surface area (Å²) in [4.78, 5) is 6.41. The lowest BCUT2D eigenvalue weighted by atomic mass is 9.96. The Bertz CT molecular complexity index is 675. The largest absolute Gasteiger partial charge is 0.497 e. The normalized spacial score (nSPS) is 16.5. The van der Waals surface area contributed by atoms with Crippen molar-refractivity contribution >= 4 is 0 Å². The monoisotopic (exact) mass is 337 g/mol. The molecule has 0 saturated carbocycles. The molecule has 24 heavy (non-hydrogen) atoms. The molecule has 2 heterocycles. The summed E-state index contributed by atoms with van der Waals surface area (Å²) in [5.41, 5.74) is 5.61. The molecule has 1 aliphatic heterocycles. The van der Waals surface area contributed by atoms with Crippen LogP contribution < -0.4 is 10.5 Å². The SMILES string of the molecule is COc1cc(F)c(CN2CCC(c3n[nH]c(CN)n3)CC2)c(F)c1. The highest BCUT2D eigenvalue weighted by Gasteiger charge is 2.25. The first-order chi connectivity index (χ1) is 11.6. The summed E-state index contributed by atoms with van der Waals surface area (Å²) in [5, 5.41) is 7.02. The molecule has 0 aliphatic carbocycles. The zero-order chi connectivity index (χ0) is 17.1. The maximum Gasteiger partial charge on any atom is 0.153 e. The molecule has 1 fully saturated rings. The van der Waals surface area contributed by atoms with E-state index in [0.717, 1.165) is 31.8 Å². The fraction of sp³-hybridized carbons (Fsp3) is 0.500. The van der Waals surface area contributed by atoms with Gasteiger partial charge < -0.3 is 10.5 Å². The number of aromatic nitrogens is 3. The van der Waals surface area contributed by atoms with Crippen molar-refractivity contribution in [2.75, 3.05) is 20.2 Å². The highest BCUT2D eigenvalue weighted by atomic mass is 19.1. The molecule has 6 nitrogen and oxygen atoms in total. The van der Waals surface area contributed by atoms with Crippen LogP contribution >= 0.6 is 0 Å². The van der Waals surface area contributed by atoms with E-state index in [1.54, 1.807) is 0 Å². The van der Waals surface area contributed by atoms with Crippen molar-refractivity contribution in [3.63, 3.8) is 0 Å². The molecule has 3 rings (SSSR count). The second-order valence-electron chi connectivity index (χ2n) is 5.96. The van der Waals surface area contributed by atoms with Gasteiger partial charge in [0.25, 0.3) is 0 Å². The Morgan fingerprint density at radius 1 is 1.29 bits per heavy atom. The van der Waals surface area contributed by atoms with Crippen LogP contribution in [-0.4, -0.2) is 40.3 Å². The van der Waals surface area contributed by atoms with E-state index in [0.29, 0.717) is 12.4 Å². The zero-order valence-corrected chi connectivity index (χ0v) is 13.6. The van der Waals surface area contributed by atoms with E-state index in [2.05, 4.69) is 15.2 Å². The summed E-state index contributed by atoms with van der Waals surface area (Å²) in [7, 11) is 1.39. The summed E-state index contributed by atoms with van der Waals surface area (Å²) >= 11 is 0. The van der Waals surface area contributed by atoms with Crippen LogP contribution in [0.1, 0.15) is 36.0 Å². The predicted molar refractivity (Wildman–Crippen MR) is 84.4 cm³/mol. The minimum absolute atomic E-state index is 0.0811. The Morgan fingerprint density at radius 2 is 1.96 bits per heavy atom. The number of hydrogen-bond donors (Lipinski definition) is 2. The first-order valence-corrected chi connectivity index (χ1v) is 7.96. The smallest absolute Gasteiger partial charge is 0.153 e. The van der Waals surface area contributed by atoms with E-state index in [4.69, 9.17) is 10.5 Å². The van der Waals surface area contributed by atoms with Gasteiger partial charge in [-0.3, -0.25) is 10.00 Å². The van der Waals surface area contributed by atoms with Gasteiger partial charge in [-0.15, -0.1) is 0 Å². The molecule has 0 unspecified atom stereocenters. The summed E-state index contributed by atoms with van der Waals surface area (Å²) in [5.74, 6) is 0.744. The molecule has 1 aliphatic rings. The molecule has 0 amide bonds. The van der Waals surface area contributed by atoms with Crippen LogP contribution in [-0.2, 0) is 13.1 Å². The molecule has 1 aromatic heterocycles. The summed E-state index contributed by atoms with van der Waals surface area (Å²) in [6.07, 6.45) is 1.70. The van der Waals surface area contributed by atoms with Gasteiger partial charge in [0, 0.05) is 30.2 Å². The van der Waals surface area contributed by atoms with Crippen LogP contribution in [0.5, 0.6) is 5.75 Å². The van der Waals surface area contributed by atoms with Gasteiger partial charge in [-0.2, -0.15) is 5.10 Å². The van der Waals surface area contributed by atoms with E-state index in [1.165, 1.54) is 19.2 Å². The minimum atomic E-state index is -0.574. The molecule has 1 saturated heterocycles. The third-order valence-corrected chi connectivity index (χ3v) is 4.43. The van der Waals surface area contributed by atoms with Crippen molar-refractivity contribution in [2.24, 2.45) is 5.73 Å². The van der Waals surface area contributed by atoms with E-state index < -0.39 is 11.6 Å². The number of aromatic amines is 1. The van der Waals surface area contributed by atoms with Gasteiger partial charge in [0.2, 0.25) is 0 Å². The van der Waals surface area contributed by atoms with Crippen LogP contribution in [0.2, 0.25) is 0 Å². The van der Waals surface area contributed by atoms with E-state index >= 15 is 0 Å². The van der Waals surface area contributed by atoms with Gasteiger partial charge in [-0.25, -0.2) is 13.8 Å². The first kappa shape index (κ1) is 16.8. The van der Waals surface area contributed by atoms with Gasteiger partial charge in [0.15, 0.2) is 5.82 Å². The van der Waals surface area contributed by atoms with Crippen molar-refractivity contribution in [3.05, 3.63) is 41.0 Å². The molecule has 0 atom stereocenters. The molecule has 2 aromatic rings. The van der Waals surface area contributed by atoms with Gasteiger partial charge in [-0.05, 0) is 25.9 Å². The summed E-state index contributed by atoms with van der Waals surface area (Å²) in [6.45, 7) is 2.06. The third-order valence-electron chi connectivity index (χ3n) is 4.43. The molecular formula is C16H21F2N5O. The fourth-order valence-corrected chi connectivity index (χ4v) is 3.01. The number of piperidine rings is 1. The number of benzene rings is 1. The number of halogens is 2. The lowest BCUT2D eigenvalue weighted by molar-refractivity contribution is 0.197. The Balaban J connectivity index is 1.61. The second kappa shape index (κ2) is 7.23. The number of hydrogen-bond acceptors (Lipinski definition) is 5. The molecule has 1 aromatic carbocycles. The Labute approximate surface area is 139 Å². The Kier molecular flexibility index (Phi) is 5.06. The summed E-state index contributed by atoms with van der Waals surface area (Å²) < 4.78 is 33.0. The highest BCUT2D eigenvalue weighted by molar-refractivity contribution is 5.30. The Morgan fingerprint density at radius 3 is 2.50 bits per heavy atom. The number of rotatable bonds is 5. The standard InChI is InChI=1S/C16H21F2N5O/c1-24-11-6-13(17)12(14(18)7-11)9-23-4-2-10(3-5-23)16-20-15(8-19)21-22-16/h6-7,10H,2-5,8-9,19H2,1H3,(H,20,21,22). The Hall–Kier alpha value is -2.06. The van der Waals surface area contributed by atoms with Crippen molar-refractivity contribution in [2.45, 2.75) is 31.8 Å². The number of nitrogens with zero attached hydrogens (tertiary/aromatic N) is 3. The second-order valence-corrected chi connectivity index (χ2v) is 5.96. The van der Waals surface area contributed by atoms with E-state index in [9.17, 15) is 8.78 Å².